The molecule has 464 valence electrons. The molecule has 10 rings (SSSR count). The number of hydrogen-bond donors (Lipinski definition) is 12. The number of carbonyl (C=O) groups is 1. The Morgan fingerprint density at radius 3 is 1.93 bits per heavy atom. The highest BCUT2D eigenvalue weighted by molar-refractivity contribution is 7.80. The van der Waals surface area contributed by atoms with E-state index in [-0.39, 0.29) is 18.3 Å². The molecule has 3 saturated carbocycles. The lowest BCUT2D eigenvalue weighted by atomic mass is 9.40. The highest BCUT2D eigenvalue weighted by Crippen LogP contribution is 2.77. The summed E-state index contributed by atoms with van der Waals surface area (Å²) in [5.74, 6) is -0.995. The summed E-state index contributed by atoms with van der Waals surface area (Å²) in [5.41, 5.74) is -6.54. The van der Waals surface area contributed by atoms with E-state index in [1.165, 1.54) is 7.11 Å². The summed E-state index contributed by atoms with van der Waals surface area (Å²) in [6, 6.07) is 0. The smallest absolute Gasteiger partial charge is 0.397 e. The molecule has 0 amide bonds. The van der Waals surface area contributed by atoms with E-state index in [0.29, 0.717) is 44.9 Å². The van der Waals surface area contributed by atoms with Crippen molar-refractivity contribution in [3.05, 3.63) is 11.6 Å². The van der Waals surface area contributed by atoms with Gasteiger partial charge in [0.2, 0.25) is 0 Å². The van der Waals surface area contributed by atoms with Crippen LogP contribution in [0.5, 0.6) is 0 Å². The second kappa shape index (κ2) is 21.8. The molecule has 0 aromatic rings. The Balaban J connectivity index is 0.852. The van der Waals surface area contributed by atoms with E-state index in [9.17, 15) is 73.9 Å². The number of carbonyl (C=O) groups excluding carboxylic acids is 1. The first-order chi connectivity index (χ1) is 37.8. The van der Waals surface area contributed by atoms with E-state index in [2.05, 4.69) is 6.92 Å². The first-order valence-corrected chi connectivity index (χ1v) is 29.5. The fourth-order valence-electron chi connectivity index (χ4n) is 16.7. The minimum Gasteiger partial charge on any atom is -0.453 e. The van der Waals surface area contributed by atoms with Crippen molar-refractivity contribution in [3.8, 4) is 0 Å². The van der Waals surface area contributed by atoms with Gasteiger partial charge in [0.1, 0.15) is 103 Å². The zero-order valence-corrected chi connectivity index (χ0v) is 47.6. The molecule has 4 aliphatic carbocycles. The molecule has 81 heavy (non-hydrogen) atoms. The van der Waals surface area contributed by atoms with Gasteiger partial charge in [-0.1, -0.05) is 39.3 Å². The summed E-state index contributed by atoms with van der Waals surface area (Å²) in [7, 11) is -4.02. The van der Waals surface area contributed by atoms with Crippen LogP contribution in [0, 0.1) is 33.5 Å². The third kappa shape index (κ3) is 9.73. The van der Waals surface area contributed by atoms with Gasteiger partial charge in [-0.3, -0.25) is 9.35 Å². The van der Waals surface area contributed by atoms with Crippen LogP contribution in [0.2, 0.25) is 0 Å². The Morgan fingerprint density at radius 2 is 1.28 bits per heavy atom. The Bertz CT molecular complexity index is 2450. The van der Waals surface area contributed by atoms with E-state index in [1.54, 1.807) is 13.0 Å². The van der Waals surface area contributed by atoms with Crippen LogP contribution in [0.15, 0.2) is 11.6 Å². The van der Waals surface area contributed by atoms with E-state index >= 15 is 0 Å². The van der Waals surface area contributed by atoms with Crippen LogP contribution in [0.1, 0.15) is 99.8 Å². The van der Waals surface area contributed by atoms with Gasteiger partial charge in [-0.05, 0) is 100 Å². The number of methoxy groups -OCH3 is 1. The maximum absolute atomic E-state index is 14.7. The monoisotopic (exact) mass is 1180 g/mol. The largest absolute Gasteiger partial charge is 0.453 e. The first kappa shape index (κ1) is 62.3. The average molecular weight is 1190 g/mol. The molecule has 0 aromatic carbocycles. The molecular formula is C53H84O27S. The molecule has 10 aliphatic rings. The van der Waals surface area contributed by atoms with Crippen LogP contribution >= 0.6 is 0 Å². The van der Waals surface area contributed by atoms with Gasteiger partial charge >= 0.3 is 16.4 Å². The molecule has 12 N–H and O–H groups in total. The molecule has 27 nitrogen and oxygen atoms in total. The number of aliphatic hydroxyl groups excluding tert-OH is 10. The van der Waals surface area contributed by atoms with Crippen molar-refractivity contribution in [2.24, 2.45) is 33.5 Å². The number of cyclic esters (lactones) is 1. The number of allylic oxidation sites excluding steroid dienone is 1. The van der Waals surface area contributed by atoms with Crippen LogP contribution in [-0.4, -0.2) is 254 Å². The predicted octanol–water partition coefficient (Wildman–Crippen LogP) is -2.65. The Hall–Kier alpha value is -1.76. The van der Waals surface area contributed by atoms with Gasteiger partial charge in [-0.15, -0.1) is 0 Å². The second-order valence-corrected chi connectivity index (χ2v) is 27.1. The minimum absolute atomic E-state index is 0.143. The van der Waals surface area contributed by atoms with E-state index in [0.717, 1.165) is 5.57 Å². The number of esters is 1. The lowest BCUT2D eigenvalue weighted by Crippen LogP contribution is -2.69. The Morgan fingerprint density at radius 1 is 0.654 bits per heavy atom. The molecule has 1 unspecified atom stereocenters. The van der Waals surface area contributed by atoms with Crippen molar-refractivity contribution in [1.29, 1.82) is 0 Å². The summed E-state index contributed by atoms with van der Waals surface area (Å²) in [6.45, 7) is 11.0. The Kier molecular flexibility index (Phi) is 16.8. The van der Waals surface area contributed by atoms with Crippen LogP contribution in [-0.2, 0) is 71.5 Å². The molecule has 28 heteroatoms. The highest BCUT2D eigenvalue weighted by Gasteiger charge is 2.87. The van der Waals surface area contributed by atoms with Crippen molar-refractivity contribution in [3.63, 3.8) is 0 Å². The quantitative estimate of drug-likeness (QED) is 0.0366. The van der Waals surface area contributed by atoms with Gasteiger partial charge in [-0.2, -0.15) is 8.42 Å². The molecule has 0 radical (unpaired) electrons. The number of rotatable bonds is 14. The highest BCUT2D eigenvalue weighted by atomic mass is 32.3. The molecule has 9 fully saturated rings. The topological polar surface area (TPSA) is 405 Å². The standard InChI is InChI=1S/C53H84O27S/c1-47(2)13-11-31(78-47)51(7)52(65)16-15-50(6)22-9-10-28-48(3,4)30(12-14-49(28,5)23(22)17-29(57)53(50,52)46(64)79-51)74-45-41(33(59)27(21-71-45)80-81(66,67)68)77-43-35(61)34(60)39(26(19-55)73-43)76-42-36(62)38(24(56)20-70-42)75-44-37(63)40(69-8)32(58)25(18-54)72-44/h17,22,24-45,54-63,65H,9-16,18-21H2,1-8H3,(H,66,67,68)/t22-,24-,25-,26-,27-,28+,29+,30+,31?,32-,33+,34-,35-,36-,37-,38+,39-,40+,41-,42+,43+,44+,45+,49-,50+,51+,52+,53-/m1/s1. The Labute approximate surface area is 469 Å². The van der Waals surface area contributed by atoms with Gasteiger partial charge in [0.15, 0.2) is 30.8 Å². The second-order valence-electron chi connectivity index (χ2n) is 26.1. The maximum atomic E-state index is 14.7. The predicted molar refractivity (Wildman–Crippen MR) is 269 cm³/mol. The molecule has 28 atom stereocenters. The maximum Gasteiger partial charge on any atom is 0.397 e. The number of aliphatic hydroxyl groups is 11. The number of hydrogen-bond acceptors (Lipinski definition) is 26. The third-order valence-electron chi connectivity index (χ3n) is 21.0. The normalized spacial score (nSPS) is 53.2. The molecular weight excluding hydrogens is 1100 g/mol. The molecule has 6 heterocycles. The van der Waals surface area contributed by atoms with Crippen molar-refractivity contribution in [2.45, 2.75) is 246 Å². The lowest BCUT2D eigenvalue weighted by molar-refractivity contribution is -0.385. The zero-order valence-electron chi connectivity index (χ0n) is 46.7. The van der Waals surface area contributed by atoms with Crippen LogP contribution in [0.4, 0.5) is 0 Å². The molecule has 1 spiro atoms. The van der Waals surface area contributed by atoms with Gasteiger partial charge < -0.3 is 108 Å². The minimum atomic E-state index is -5.21. The lowest BCUT2D eigenvalue weighted by Gasteiger charge is -2.64. The average Bonchev–Trinajstić information content (AvgIpc) is 1.85. The molecule has 6 saturated heterocycles. The summed E-state index contributed by atoms with van der Waals surface area (Å²) in [4.78, 5) is 14.7. The van der Waals surface area contributed by atoms with E-state index in [1.807, 2.05) is 34.6 Å². The third-order valence-corrected chi connectivity index (χ3v) is 21.5. The molecule has 0 aromatic heterocycles. The van der Waals surface area contributed by atoms with Gasteiger partial charge in [0, 0.05) is 7.11 Å². The van der Waals surface area contributed by atoms with Crippen molar-refractivity contribution < 1.29 is 130 Å². The summed E-state index contributed by atoms with van der Waals surface area (Å²) in [6.07, 6.45) is -27.9. The van der Waals surface area contributed by atoms with Gasteiger partial charge in [0.25, 0.3) is 0 Å². The SMILES string of the molecule is CO[C@@H]1[C@@H](O)[C@H](O[C@@H]2[C@@H](O)[C@H](O[C@H]3[C@H](O)[C@@H](O)[C@H](O[C@H]4[C@H](O[C@H]5CC[C@]6(C)C7=C[C@H](O)[C@]89C(=O)O[C@@](C)(C%10CCC(C)(C)O%10)[C@@]8(O)CC[C@@]9(C)[C@@H]7CC[C@H]6C5(C)C)OC[C@@H](OS(=O)(=O)O)[C@@H]4O)O[C@@H]3CO)OC[C@H]2O)O[C@H](CO)[C@H]1O. The van der Waals surface area contributed by atoms with Crippen molar-refractivity contribution >= 4 is 16.4 Å². The molecule has 6 aliphatic heterocycles. The zero-order chi connectivity index (χ0) is 59.1. The summed E-state index contributed by atoms with van der Waals surface area (Å²) in [5, 5.41) is 125. The summed E-state index contributed by atoms with van der Waals surface area (Å²) >= 11 is 0. The van der Waals surface area contributed by atoms with Gasteiger partial charge in [-0.25, -0.2) is 4.18 Å². The van der Waals surface area contributed by atoms with Gasteiger partial charge in [0.05, 0.1) is 44.2 Å². The fourth-order valence-corrected chi connectivity index (χ4v) is 17.2. The summed E-state index contributed by atoms with van der Waals surface area (Å²) < 4.78 is 104. The van der Waals surface area contributed by atoms with E-state index < -0.39 is 210 Å². The van der Waals surface area contributed by atoms with Crippen molar-refractivity contribution in [2.75, 3.05) is 33.5 Å². The number of ether oxygens (including phenoxy) is 11. The van der Waals surface area contributed by atoms with Crippen LogP contribution in [0.25, 0.3) is 0 Å². The van der Waals surface area contributed by atoms with Crippen molar-refractivity contribution in [1.82, 2.24) is 0 Å². The molecule has 0 bridgehead atoms. The van der Waals surface area contributed by atoms with Crippen LogP contribution < -0.4 is 0 Å². The first-order valence-electron chi connectivity index (χ1n) is 28.2. The number of fused-ring (bicyclic) bond motifs is 4. The van der Waals surface area contributed by atoms with Crippen LogP contribution in [0.3, 0.4) is 0 Å². The van der Waals surface area contributed by atoms with E-state index in [4.69, 9.17) is 56.3 Å². The fraction of sp³-hybridized carbons (Fsp3) is 0.943.